The standard InChI is InChI=1S/C30H27F3N4O7/c1-5-14-36-19-9-7-6-8-18(19)29-15-20(24(38)42-2)37(28(41)34-17-12-10-16(11-13-17)30(31,32)33)27(29)35-22(26(40)44-4)21(23(29)36)25(39)43-3/h5-13,20,23H,1,14-15H2,2-4H3,(H,34,41)/t20-,23-,29-/m0/s1. The number of hydrogen-bond donors (Lipinski definition) is 1. The maximum Gasteiger partial charge on any atom is 0.416 e. The van der Waals surface area contributed by atoms with Crippen LogP contribution in [-0.4, -0.2) is 74.6 Å². The van der Waals surface area contributed by atoms with Crippen LogP contribution < -0.4 is 10.2 Å². The average Bonchev–Trinajstić information content (AvgIpc) is 3.51. The van der Waals surface area contributed by atoms with E-state index < -0.39 is 58.9 Å². The molecule has 5 rings (SSSR count). The zero-order chi connectivity index (χ0) is 32.0. The molecule has 0 saturated carbocycles. The van der Waals surface area contributed by atoms with Crippen LogP contribution in [0.1, 0.15) is 17.5 Å². The van der Waals surface area contributed by atoms with Gasteiger partial charge in [-0.25, -0.2) is 24.2 Å². The Morgan fingerprint density at radius 2 is 1.68 bits per heavy atom. The number of para-hydroxylation sites is 1. The first kappa shape index (κ1) is 30.3. The van der Waals surface area contributed by atoms with Crippen LogP contribution in [0, 0.1) is 0 Å². The van der Waals surface area contributed by atoms with Crippen molar-refractivity contribution in [2.75, 3.05) is 38.1 Å². The van der Waals surface area contributed by atoms with Gasteiger partial charge in [0.05, 0.1) is 43.9 Å². The topological polar surface area (TPSA) is 127 Å². The number of carbonyl (C=O) groups excluding carboxylic acids is 4. The SMILES string of the molecule is C=CCN1c2ccccc2[C@]23C[C@@H](C(=O)OC)N(C(=O)Nc4ccc(C(F)(F)F)cc4)C2=NC(C(=O)OC)=C(C(=O)OC)[C@H]13. The highest BCUT2D eigenvalue weighted by molar-refractivity contribution is 6.18. The number of methoxy groups -OCH3 is 3. The van der Waals surface area contributed by atoms with E-state index in [-0.39, 0.29) is 30.1 Å². The summed E-state index contributed by atoms with van der Waals surface area (Å²) < 4.78 is 54.5. The molecule has 0 bridgehead atoms. The van der Waals surface area contributed by atoms with E-state index in [0.717, 1.165) is 50.5 Å². The molecule has 3 heterocycles. The summed E-state index contributed by atoms with van der Waals surface area (Å²) in [6.07, 6.45) is -3.12. The molecule has 44 heavy (non-hydrogen) atoms. The van der Waals surface area contributed by atoms with Crippen molar-refractivity contribution in [1.82, 2.24) is 4.90 Å². The maximum absolute atomic E-state index is 14.0. The van der Waals surface area contributed by atoms with Crippen molar-refractivity contribution in [1.29, 1.82) is 0 Å². The summed E-state index contributed by atoms with van der Waals surface area (Å²) in [5, 5.41) is 2.52. The first-order chi connectivity index (χ1) is 20.9. The lowest BCUT2D eigenvalue weighted by Gasteiger charge is -2.40. The van der Waals surface area contributed by atoms with Crippen LogP contribution in [-0.2, 0) is 40.2 Å². The van der Waals surface area contributed by atoms with Crippen LogP contribution >= 0.6 is 0 Å². The molecule has 1 N–H and O–H groups in total. The monoisotopic (exact) mass is 612 g/mol. The van der Waals surface area contributed by atoms with E-state index in [2.05, 4.69) is 16.9 Å². The smallest absolute Gasteiger partial charge is 0.416 e. The van der Waals surface area contributed by atoms with Crippen molar-refractivity contribution in [3.63, 3.8) is 0 Å². The number of nitrogens with one attached hydrogen (secondary N) is 1. The third-order valence-electron chi connectivity index (χ3n) is 7.94. The maximum atomic E-state index is 14.0. The summed E-state index contributed by atoms with van der Waals surface area (Å²) in [5.41, 5.74) is -1.63. The molecule has 1 spiro atoms. The van der Waals surface area contributed by atoms with Crippen molar-refractivity contribution < 1.29 is 46.6 Å². The van der Waals surface area contributed by atoms with E-state index in [4.69, 9.17) is 14.2 Å². The quantitative estimate of drug-likeness (QED) is 0.297. The van der Waals surface area contributed by atoms with E-state index >= 15 is 0 Å². The number of anilines is 2. The highest BCUT2D eigenvalue weighted by Crippen LogP contribution is 2.57. The lowest BCUT2D eigenvalue weighted by molar-refractivity contribution is -0.144. The number of benzene rings is 2. The molecule has 1 saturated heterocycles. The summed E-state index contributed by atoms with van der Waals surface area (Å²) >= 11 is 0. The number of aliphatic imine (C=N–C) groups is 1. The molecule has 11 nitrogen and oxygen atoms in total. The van der Waals surface area contributed by atoms with Gasteiger partial charge in [0.25, 0.3) is 0 Å². The number of hydrogen-bond acceptors (Lipinski definition) is 9. The summed E-state index contributed by atoms with van der Waals surface area (Å²) in [5.74, 6) is -2.75. The van der Waals surface area contributed by atoms with Gasteiger partial charge in [-0.3, -0.25) is 4.90 Å². The molecule has 1 fully saturated rings. The van der Waals surface area contributed by atoms with Gasteiger partial charge < -0.3 is 24.4 Å². The number of halogens is 3. The number of amides is 2. The number of nitrogens with zero attached hydrogens (tertiary/aromatic N) is 3. The second-order valence-corrected chi connectivity index (χ2v) is 10.1. The number of amidine groups is 1. The van der Waals surface area contributed by atoms with Crippen LogP contribution in [0.2, 0.25) is 0 Å². The number of urea groups is 1. The van der Waals surface area contributed by atoms with Gasteiger partial charge in [-0.1, -0.05) is 24.3 Å². The Labute approximate surface area is 249 Å². The molecular weight excluding hydrogens is 585 g/mol. The lowest BCUT2D eigenvalue weighted by atomic mass is 9.69. The largest absolute Gasteiger partial charge is 0.467 e. The number of carbonyl (C=O) groups is 4. The molecule has 2 amide bonds. The molecule has 3 aliphatic rings. The summed E-state index contributed by atoms with van der Waals surface area (Å²) in [4.78, 5) is 61.1. The van der Waals surface area contributed by atoms with E-state index in [0.29, 0.717) is 11.3 Å². The molecule has 3 atom stereocenters. The van der Waals surface area contributed by atoms with Crippen molar-refractivity contribution >= 4 is 41.1 Å². The number of ether oxygens (including phenoxy) is 3. The fraction of sp³-hybridized carbons (Fsp3) is 0.300. The van der Waals surface area contributed by atoms with Gasteiger partial charge in [0, 0.05) is 17.9 Å². The van der Waals surface area contributed by atoms with E-state index in [1.165, 1.54) is 0 Å². The fourth-order valence-electron chi connectivity index (χ4n) is 6.22. The van der Waals surface area contributed by atoms with Gasteiger partial charge in [-0.05, 0) is 42.3 Å². The van der Waals surface area contributed by atoms with Gasteiger partial charge in [-0.2, -0.15) is 13.2 Å². The molecular formula is C30H27F3N4O7. The highest BCUT2D eigenvalue weighted by Gasteiger charge is 2.67. The van der Waals surface area contributed by atoms with Gasteiger partial charge in [0.15, 0.2) is 5.70 Å². The Hall–Kier alpha value is -5.14. The van der Waals surface area contributed by atoms with E-state index in [1.54, 1.807) is 35.2 Å². The van der Waals surface area contributed by atoms with Crippen molar-refractivity contribution in [2.24, 2.45) is 4.99 Å². The minimum absolute atomic E-state index is 0.000357. The second kappa shape index (κ2) is 11.2. The van der Waals surface area contributed by atoms with Crippen LogP contribution in [0.15, 0.2) is 77.4 Å². The first-order valence-corrected chi connectivity index (χ1v) is 13.3. The summed E-state index contributed by atoms with van der Waals surface area (Å²) in [7, 11) is 3.38. The summed E-state index contributed by atoms with van der Waals surface area (Å²) in [6, 6.07) is 7.54. The molecule has 0 unspecified atom stereocenters. The normalized spacial score (nSPS) is 21.9. The Bertz CT molecular complexity index is 1620. The first-order valence-electron chi connectivity index (χ1n) is 13.3. The van der Waals surface area contributed by atoms with Gasteiger partial charge >= 0.3 is 30.1 Å². The molecule has 0 radical (unpaired) electrons. The number of alkyl halides is 3. The van der Waals surface area contributed by atoms with E-state index in [9.17, 15) is 32.3 Å². The number of likely N-dealkylation sites (tertiary alicyclic amines) is 1. The molecule has 0 aliphatic carbocycles. The third-order valence-corrected chi connectivity index (χ3v) is 7.94. The Morgan fingerprint density at radius 3 is 2.27 bits per heavy atom. The van der Waals surface area contributed by atoms with Gasteiger partial charge in [0.2, 0.25) is 0 Å². The number of esters is 3. The lowest BCUT2D eigenvalue weighted by Crippen LogP contribution is -2.56. The fourth-order valence-corrected chi connectivity index (χ4v) is 6.22. The number of rotatable bonds is 6. The van der Waals surface area contributed by atoms with Crippen molar-refractivity contribution in [2.45, 2.75) is 30.1 Å². The minimum atomic E-state index is -4.59. The molecule has 230 valence electrons. The molecule has 3 aliphatic heterocycles. The highest BCUT2D eigenvalue weighted by atomic mass is 19.4. The predicted molar refractivity (Wildman–Crippen MR) is 151 cm³/mol. The van der Waals surface area contributed by atoms with Gasteiger partial charge in [0.1, 0.15) is 11.9 Å². The predicted octanol–water partition coefficient (Wildman–Crippen LogP) is 3.81. The average molecular weight is 613 g/mol. The Morgan fingerprint density at radius 1 is 1.02 bits per heavy atom. The van der Waals surface area contributed by atoms with Crippen LogP contribution in [0.3, 0.4) is 0 Å². The molecule has 2 aromatic carbocycles. The second-order valence-electron chi connectivity index (χ2n) is 10.1. The molecule has 0 aromatic heterocycles. The van der Waals surface area contributed by atoms with E-state index in [1.807, 2.05) is 0 Å². The number of fused-ring (bicyclic) bond motifs is 1. The van der Waals surface area contributed by atoms with Crippen LogP contribution in [0.25, 0.3) is 0 Å². The third kappa shape index (κ3) is 4.57. The zero-order valence-electron chi connectivity index (χ0n) is 23.8. The Balaban J connectivity index is 1.74. The minimum Gasteiger partial charge on any atom is -0.467 e. The van der Waals surface area contributed by atoms with Crippen molar-refractivity contribution in [3.8, 4) is 0 Å². The van der Waals surface area contributed by atoms with Gasteiger partial charge in [-0.15, -0.1) is 6.58 Å². The van der Waals surface area contributed by atoms with Crippen LogP contribution in [0.4, 0.5) is 29.3 Å². The van der Waals surface area contributed by atoms with Crippen molar-refractivity contribution in [3.05, 3.63) is 83.6 Å². The Kier molecular flexibility index (Phi) is 7.70. The zero-order valence-corrected chi connectivity index (χ0v) is 23.8. The molecule has 14 heteroatoms. The molecule has 2 aromatic rings. The summed E-state index contributed by atoms with van der Waals surface area (Å²) in [6.45, 7) is 4.02. The van der Waals surface area contributed by atoms with Crippen LogP contribution in [0.5, 0.6) is 0 Å².